The van der Waals surface area contributed by atoms with Crippen molar-refractivity contribution in [2.75, 3.05) is 0 Å². The summed E-state index contributed by atoms with van der Waals surface area (Å²) in [5.41, 5.74) is 11.8. The molecule has 406 valence electrons. The average molecular weight is 1110 g/mol. The van der Waals surface area contributed by atoms with Gasteiger partial charge in [-0.2, -0.15) is 13.2 Å². The molecule has 10 heteroatoms. The normalized spacial score (nSPS) is 12.1. The van der Waals surface area contributed by atoms with Crippen LogP contribution in [0.2, 0.25) is 0 Å². The quantitative estimate of drug-likeness (QED) is 0.152. The molecule has 0 fully saturated rings. The third-order valence-electron chi connectivity index (χ3n) is 17.0. The standard InChI is InChI=1S/C76H46F3N7/c77-76(78,79)61-30-19-37-71(86-67-36-18-12-29-57(67)59-46-51(40-43-69(59)86)84-64-33-15-9-26-54(64)55-27-10-16-34-65(55)84)72(61)60-44-49(75-81-73(47-20-3-1-4-21-47)80-74(82-75)48-22-5-2-6-23-48)38-41-70(60)85-66-35-17-11-28-56(66)58-45-50(39-42-68(58)85)83-62-31-13-7-24-52(62)53-25-8-14-32-63(53)83/h1-46H. The first-order chi connectivity index (χ1) is 42.3. The number of hydrogen-bond donors (Lipinski definition) is 0. The number of rotatable bonds is 8. The largest absolute Gasteiger partial charge is 0.417 e. The van der Waals surface area contributed by atoms with Gasteiger partial charge in [-0.05, 0) is 103 Å². The van der Waals surface area contributed by atoms with Gasteiger partial charge in [0.2, 0.25) is 0 Å². The van der Waals surface area contributed by atoms with E-state index >= 15 is 13.2 Å². The van der Waals surface area contributed by atoms with Crippen LogP contribution in [0.1, 0.15) is 5.56 Å². The van der Waals surface area contributed by atoms with Crippen LogP contribution in [0.5, 0.6) is 0 Å². The van der Waals surface area contributed by atoms with E-state index in [0.717, 1.165) is 110 Å². The van der Waals surface area contributed by atoms with E-state index < -0.39 is 11.7 Å². The monoisotopic (exact) mass is 1110 g/mol. The van der Waals surface area contributed by atoms with Gasteiger partial charge in [0.1, 0.15) is 0 Å². The summed E-state index contributed by atoms with van der Waals surface area (Å²) in [6.07, 6.45) is -4.81. The van der Waals surface area contributed by atoms with Crippen LogP contribution in [0.15, 0.2) is 279 Å². The fourth-order valence-corrected chi connectivity index (χ4v) is 13.4. The number of halogens is 3. The van der Waals surface area contributed by atoms with Crippen molar-refractivity contribution in [2.45, 2.75) is 6.18 Å². The Labute approximate surface area is 490 Å². The van der Waals surface area contributed by atoms with E-state index in [9.17, 15) is 0 Å². The molecule has 0 amide bonds. The summed E-state index contributed by atoms with van der Waals surface area (Å²) in [6.45, 7) is 0. The number of aromatic nitrogens is 7. The van der Waals surface area contributed by atoms with E-state index in [4.69, 9.17) is 15.0 Å². The highest BCUT2D eigenvalue weighted by molar-refractivity contribution is 6.15. The van der Waals surface area contributed by atoms with Gasteiger partial charge in [-0.3, -0.25) is 0 Å². The summed E-state index contributed by atoms with van der Waals surface area (Å²) in [6, 6.07) is 92.2. The summed E-state index contributed by atoms with van der Waals surface area (Å²) in [5, 5.41) is 8.24. The Morgan fingerprint density at radius 1 is 0.256 bits per heavy atom. The highest BCUT2D eigenvalue weighted by Gasteiger charge is 2.37. The van der Waals surface area contributed by atoms with E-state index in [1.54, 1.807) is 0 Å². The predicted octanol–water partition coefficient (Wildman–Crippen LogP) is 19.9. The zero-order valence-electron chi connectivity index (χ0n) is 45.8. The Bertz CT molecular complexity index is 5430. The van der Waals surface area contributed by atoms with E-state index in [1.165, 1.54) is 12.1 Å². The molecule has 5 heterocycles. The molecule has 17 rings (SSSR count). The maximum atomic E-state index is 16.7. The lowest BCUT2D eigenvalue weighted by molar-refractivity contribution is -0.137. The first-order valence-corrected chi connectivity index (χ1v) is 28.6. The number of nitrogens with zero attached hydrogens (tertiary/aromatic N) is 7. The molecule has 5 aromatic heterocycles. The number of benzene rings is 12. The minimum Gasteiger partial charge on any atom is -0.309 e. The van der Waals surface area contributed by atoms with Crippen LogP contribution in [0, 0.1) is 0 Å². The van der Waals surface area contributed by atoms with E-state index in [-0.39, 0.29) is 5.56 Å². The first kappa shape index (κ1) is 49.3. The number of hydrogen-bond acceptors (Lipinski definition) is 3. The molecule has 0 aliphatic heterocycles. The van der Waals surface area contributed by atoms with Gasteiger partial charge in [0.25, 0.3) is 0 Å². The summed E-state index contributed by atoms with van der Waals surface area (Å²) in [7, 11) is 0. The molecular weight excluding hydrogens is 1070 g/mol. The Balaban J connectivity index is 0.957. The molecule has 0 aliphatic carbocycles. The van der Waals surface area contributed by atoms with Gasteiger partial charge in [-0.25, -0.2) is 15.0 Å². The molecule has 0 saturated carbocycles. The molecule has 12 aromatic carbocycles. The minimum atomic E-state index is -4.81. The number of alkyl halides is 3. The van der Waals surface area contributed by atoms with E-state index in [0.29, 0.717) is 40.0 Å². The highest BCUT2D eigenvalue weighted by Crippen LogP contribution is 2.48. The van der Waals surface area contributed by atoms with Crippen molar-refractivity contribution < 1.29 is 13.2 Å². The van der Waals surface area contributed by atoms with Crippen LogP contribution in [0.3, 0.4) is 0 Å². The summed E-state index contributed by atoms with van der Waals surface area (Å²) >= 11 is 0. The van der Waals surface area contributed by atoms with Crippen LogP contribution in [0.4, 0.5) is 13.2 Å². The molecule has 0 spiro atoms. The van der Waals surface area contributed by atoms with Gasteiger partial charge in [0, 0.05) is 82.3 Å². The lowest BCUT2D eigenvalue weighted by atomic mass is 9.93. The van der Waals surface area contributed by atoms with Gasteiger partial charge < -0.3 is 18.3 Å². The Hall–Kier alpha value is -11.4. The second kappa shape index (κ2) is 19.1. The molecule has 0 atom stereocenters. The van der Waals surface area contributed by atoms with Crippen molar-refractivity contribution in [1.29, 1.82) is 0 Å². The Kier molecular flexibility index (Phi) is 10.9. The van der Waals surface area contributed by atoms with Crippen molar-refractivity contribution in [3.05, 3.63) is 285 Å². The molecular formula is C76H46F3N7. The second-order valence-electron chi connectivity index (χ2n) is 21.8. The molecule has 0 radical (unpaired) electrons. The molecule has 7 nitrogen and oxygen atoms in total. The lowest BCUT2D eigenvalue weighted by Crippen LogP contribution is -2.11. The molecule has 0 unspecified atom stereocenters. The third-order valence-corrected chi connectivity index (χ3v) is 17.0. The fraction of sp³-hybridized carbons (Fsp3) is 0.0132. The van der Waals surface area contributed by atoms with Crippen molar-refractivity contribution >= 4 is 87.2 Å². The number of para-hydroxylation sites is 6. The van der Waals surface area contributed by atoms with Crippen molar-refractivity contribution in [3.63, 3.8) is 0 Å². The zero-order chi connectivity index (χ0) is 57.2. The Morgan fingerprint density at radius 2 is 0.605 bits per heavy atom. The van der Waals surface area contributed by atoms with Crippen LogP contribution < -0.4 is 0 Å². The second-order valence-corrected chi connectivity index (χ2v) is 21.8. The van der Waals surface area contributed by atoms with Gasteiger partial charge in [0.05, 0.1) is 61.1 Å². The highest BCUT2D eigenvalue weighted by atomic mass is 19.4. The van der Waals surface area contributed by atoms with Crippen molar-refractivity contribution in [3.8, 4) is 68.0 Å². The summed E-state index contributed by atoms with van der Waals surface area (Å²) in [4.78, 5) is 15.3. The van der Waals surface area contributed by atoms with Gasteiger partial charge in [0.15, 0.2) is 17.5 Å². The van der Waals surface area contributed by atoms with Gasteiger partial charge in [-0.1, -0.05) is 176 Å². The number of fused-ring (bicyclic) bond motifs is 12. The molecule has 0 saturated heterocycles. The fourth-order valence-electron chi connectivity index (χ4n) is 13.4. The molecule has 0 bridgehead atoms. The smallest absolute Gasteiger partial charge is 0.309 e. The average Bonchev–Trinajstić information content (AvgIpc) is 2.29. The molecule has 0 aliphatic rings. The predicted molar refractivity (Wildman–Crippen MR) is 344 cm³/mol. The molecule has 0 N–H and O–H groups in total. The first-order valence-electron chi connectivity index (χ1n) is 28.6. The zero-order valence-corrected chi connectivity index (χ0v) is 45.8. The summed E-state index contributed by atoms with van der Waals surface area (Å²) in [5.74, 6) is 1.18. The minimum absolute atomic E-state index is 0.000527. The van der Waals surface area contributed by atoms with Crippen LogP contribution in [0.25, 0.3) is 155 Å². The van der Waals surface area contributed by atoms with Crippen LogP contribution in [-0.2, 0) is 6.18 Å². The third kappa shape index (κ3) is 7.59. The lowest BCUT2D eigenvalue weighted by Gasteiger charge is -2.23. The summed E-state index contributed by atoms with van der Waals surface area (Å²) < 4.78 is 58.7. The van der Waals surface area contributed by atoms with Crippen molar-refractivity contribution in [2.24, 2.45) is 0 Å². The van der Waals surface area contributed by atoms with Crippen LogP contribution in [-0.4, -0.2) is 33.2 Å². The molecule has 17 aromatic rings. The van der Waals surface area contributed by atoms with E-state index in [2.05, 4.69) is 165 Å². The molecule has 86 heavy (non-hydrogen) atoms. The SMILES string of the molecule is FC(F)(F)c1cccc(-n2c3ccccc3c3cc(-n4c5ccccc5c5ccccc54)ccc32)c1-c1cc(-c2nc(-c3ccccc3)nc(-c3ccccc3)n2)ccc1-n1c2ccccc2c2cc(-n3c4ccccc4c4ccccc43)ccc21. The van der Waals surface area contributed by atoms with E-state index in [1.807, 2.05) is 120 Å². The van der Waals surface area contributed by atoms with Gasteiger partial charge >= 0.3 is 6.18 Å². The van der Waals surface area contributed by atoms with Gasteiger partial charge in [-0.15, -0.1) is 0 Å². The Morgan fingerprint density at radius 3 is 1.02 bits per heavy atom. The van der Waals surface area contributed by atoms with Crippen molar-refractivity contribution in [1.82, 2.24) is 33.2 Å². The van der Waals surface area contributed by atoms with Crippen LogP contribution >= 0.6 is 0 Å². The maximum Gasteiger partial charge on any atom is 0.417 e. The maximum absolute atomic E-state index is 16.7. The topological polar surface area (TPSA) is 58.4 Å².